The molecule has 20 heavy (non-hydrogen) atoms. The van der Waals surface area contributed by atoms with Gasteiger partial charge in [-0.05, 0) is 32.3 Å². The molecule has 2 atom stereocenters. The van der Waals surface area contributed by atoms with Crippen LogP contribution in [-0.4, -0.2) is 33.4 Å². The van der Waals surface area contributed by atoms with E-state index in [0.717, 1.165) is 0 Å². The minimum Gasteiger partial charge on any atom is -0.481 e. The number of carbonyl (C=O) groups excluding carboxylic acids is 2. The Morgan fingerprint density at radius 3 is 2.55 bits per heavy atom. The molecule has 1 aromatic rings. The number of rotatable bonds is 4. The standard InChI is InChI=1S/C14H18N2O4/c1-8(17)10-6-12(16(2)7-10)13(18)15-11-4-3-9(5-11)14(19)20/h6-7,9,11H,3-5H2,1-2H3,(H,15,18)(H,19,20)/t9-,11+/m0/s1. The molecular weight excluding hydrogens is 260 g/mol. The monoisotopic (exact) mass is 278 g/mol. The van der Waals surface area contributed by atoms with Gasteiger partial charge in [0.25, 0.3) is 5.91 Å². The molecule has 6 heteroatoms. The Morgan fingerprint density at radius 2 is 2.05 bits per heavy atom. The maximum atomic E-state index is 12.1. The van der Waals surface area contributed by atoms with Crippen LogP contribution < -0.4 is 5.32 Å². The van der Waals surface area contributed by atoms with Gasteiger partial charge in [0.2, 0.25) is 0 Å². The van der Waals surface area contributed by atoms with E-state index in [1.54, 1.807) is 23.9 Å². The summed E-state index contributed by atoms with van der Waals surface area (Å²) >= 11 is 0. The van der Waals surface area contributed by atoms with Crippen molar-refractivity contribution in [3.63, 3.8) is 0 Å². The summed E-state index contributed by atoms with van der Waals surface area (Å²) in [7, 11) is 1.70. The molecule has 0 unspecified atom stereocenters. The lowest BCUT2D eigenvalue weighted by Crippen LogP contribution is -2.34. The number of carboxylic acid groups (broad SMARTS) is 1. The predicted octanol–water partition coefficient (Wildman–Crippen LogP) is 1.21. The molecule has 1 amide bonds. The van der Waals surface area contributed by atoms with Crippen molar-refractivity contribution in [1.29, 1.82) is 0 Å². The van der Waals surface area contributed by atoms with E-state index in [9.17, 15) is 14.4 Å². The number of nitrogens with one attached hydrogen (secondary N) is 1. The Hall–Kier alpha value is -2.11. The molecule has 1 saturated carbocycles. The Bertz CT molecular complexity index is 562. The highest BCUT2D eigenvalue weighted by Gasteiger charge is 2.31. The van der Waals surface area contributed by atoms with Crippen molar-refractivity contribution in [2.45, 2.75) is 32.2 Å². The van der Waals surface area contributed by atoms with Crippen LogP contribution in [0.15, 0.2) is 12.3 Å². The van der Waals surface area contributed by atoms with Gasteiger partial charge in [-0.1, -0.05) is 0 Å². The second kappa shape index (κ2) is 5.48. The lowest BCUT2D eigenvalue weighted by atomic mass is 10.1. The number of nitrogens with zero attached hydrogens (tertiary/aromatic N) is 1. The summed E-state index contributed by atoms with van der Waals surface area (Å²) in [5.41, 5.74) is 0.904. The van der Waals surface area contributed by atoms with E-state index in [4.69, 9.17) is 5.11 Å². The zero-order valence-electron chi connectivity index (χ0n) is 11.5. The third-order valence-electron chi connectivity index (χ3n) is 3.76. The van der Waals surface area contributed by atoms with Crippen molar-refractivity contribution in [3.05, 3.63) is 23.5 Å². The molecular formula is C14H18N2O4. The van der Waals surface area contributed by atoms with Crippen molar-refractivity contribution in [3.8, 4) is 0 Å². The summed E-state index contributed by atoms with van der Waals surface area (Å²) in [5.74, 6) is -1.54. The van der Waals surface area contributed by atoms with E-state index in [-0.39, 0.29) is 23.7 Å². The largest absolute Gasteiger partial charge is 0.481 e. The first kappa shape index (κ1) is 14.3. The number of Topliss-reactive ketones (excluding diaryl/α,β-unsaturated/α-hetero) is 1. The van der Waals surface area contributed by atoms with Crippen molar-refractivity contribution >= 4 is 17.7 Å². The van der Waals surface area contributed by atoms with E-state index in [0.29, 0.717) is 30.5 Å². The van der Waals surface area contributed by atoms with Crippen molar-refractivity contribution in [2.24, 2.45) is 13.0 Å². The highest BCUT2D eigenvalue weighted by molar-refractivity contribution is 5.99. The number of aromatic nitrogens is 1. The lowest BCUT2D eigenvalue weighted by Gasteiger charge is -2.12. The molecule has 1 aliphatic carbocycles. The third-order valence-corrected chi connectivity index (χ3v) is 3.76. The summed E-state index contributed by atoms with van der Waals surface area (Å²) in [5, 5.41) is 11.8. The van der Waals surface area contributed by atoms with Gasteiger partial charge in [0.05, 0.1) is 5.92 Å². The number of ketones is 1. The molecule has 0 spiro atoms. The number of hydrogen-bond donors (Lipinski definition) is 2. The average Bonchev–Trinajstić information content (AvgIpc) is 2.95. The summed E-state index contributed by atoms with van der Waals surface area (Å²) in [4.78, 5) is 34.3. The van der Waals surface area contributed by atoms with Gasteiger partial charge < -0.3 is 15.0 Å². The van der Waals surface area contributed by atoms with Crippen LogP contribution in [0.5, 0.6) is 0 Å². The highest BCUT2D eigenvalue weighted by atomic mass is 16.4. The number of aryl methyl sites for hydroxylation is 1. The third kappa shape index (κ3) is 2.89. The van der Waals surface area contributed by atoms with Crippen LogP contribution in [0, 0.1) is 5.92 Å². The fourth-order valence-electron chi connectivity index (χ4n) is 2.58. The molecule has 0 aliphatic heterocycles. The van der Waals surface area contributed by atoms with E-state index >= 15 is 0 Å². The van der Waals surface area contributed by atoms with Gasteiger partial charge >= 0.3 is 5.97 Å². The second-order valence-corrected chi connectivity index (χ2v) is 5.30. The topological polar surface area (TPSA) is 88.4 Å². The van der Waals surface area contributed by atoms with Gasteiger partial charge in [-0.3, -0.25) is 14.4 Å². The van der Waals surface area contributed by atoms with Gasteiger partial charge in [0.15, 0.2) is 5.78 Å². The molecule has 0 bridgehead atoms. The molecule has 1 aliphatic rings. The van der Waals surface area contributed by atoms with Crippen molar-refractivity contribution < 1.29 is 19.5 Å². The Balaban J connectivity index is 2.02. The molecule has 1 heterocycles. The van der Waals surface area contributed by atoms with Crippen LogP contribution in [0.25, 0.3) is 0 Å². The van der Waals surface area contributed by atoms with Gasteiger partial charge in [0, 0.05) is 24.8 Å². The van der Waals surface area contributed by atoms with Crippen LogP contribution in [-0.2, 0) is 11.8 Å². The quantitative estimate of drug-likeness (QED) is 0.810. The molecule has 0 saturated heterocycles. The molecule has 108 valence electrons. The van der Waals surface area contributed by atoms with Crippen LogP contribution in [0.3, 0.4) is 0 Å². The maximum absolute atomic E-state index is 12.1. The fourth-order valence-corrected chi connectivity index (χ4v) is 2.58. The van der Waals surface area contributed by atoms with E-state index in [1.807, 2.05) is 0 Å². The fraction of sp³-hybridized carbons (Fsp3) is 0.500. The number of carbonyl (C=O) groups is 3. The van der Waals surface area contributed by atoms with Crippen LogP contribution in [0.4, 0.5) is 0 Å². The van der Waals surface area contributed by atoms with Gasteiger partial charge in [-0.15, -0.1) is 0 Å². The van der Waals surface area contributed by atoms with Gasteiger partial charge in [0.1, 0.15) is 5.69 Å². The molecule has 6 nitrogen and oxygen atoms in total. The predicted molar refractivity (Wildman–Crippen MR) is 71.6 cm³/mol. The van der Waals surface area contributed by atoms with Gasteiger partial charge in [-0.2, -0.15) is 0 Å². The Kier molecular flexibility index (Phi) is 3.92. The molecule has 2 rings (SSSR count). The molecule has 1 fully saturated rings. The zero-order valence-corrected chi connectivity index (χ0v) is 11.5. The smallest absolute Gasteiger partial charge is 0.306 e. The first-order chi connectivity index (χ1) is 9.38. The number of amides is 1. The minimum absolute atomic E-state index is 0.0912. The molecule has 2 N–H and O–H groups in total. The molecule has 1 aromatic heterocycles. The van der Waals surface area contributed by atoms with Gasteiger partial charge in [-0.25, -0.2) is 0 Å². The van der Waals surface area contributed by atoms with Crippen LogP contribution in [0.2, 0.25) is 0 Å². The first-order valence-electron chi connectivity index (χ1n) is 6.59. The van der Waals surface area contributed by atoms with E-state index < -0.39 is 5.97 Å². The van der Waals surface area contributed by atoms with Crippen molar-refractivity contribution in [2.75, 3.05) is 0 Å². The molecule has 0 radical (unpaired) electrons. The normalized spacial score (nSPS) is 21.7. The average molecular weight is 278 g/mol. The van der Waals surface area contributed by atoms with Crippen LogP contribution >= 0.6 is 0 Å². The van der Waals surface area contributed by atoms with Crippen LogP contribution in [0.1, 0.15) is 47.0 Å². The summed E-state index contributed by atoms with van der Waals surface area (Å²) in [6.45, 7) is 1.45. The van der Waals surface area contributed by atoms with E-state index in [2.05, 4.69) is 5.32 Å². The summed E-state index contributed by atoms with van der Waals surface area (Å²) < 4.78 is 1.61. The first-order valence-corrected chi connectivity index (χ1v) is 6.59. The number of carboxylic acids is 1. The van der Waals surface area contributed by atoms with Crippen molar-refractivity contribution in [1.82, 2.24) is 9.88 Å². The summed E-state index contributed by atoms with van der Waals surface area (Å²) in [6, 6.07) is 1.45. The van der Waals surface area contributed by atoms with E-state index in [1.165, 1.54) is 6.92 Å². The molecule has 0 aromatic carbocycles. The summed E-state index contributed by atoms with van der Waals surface area (Å²) in [6.07, 6.45) is 3.34. The number of aliphatic carboxylic acids is 1. The highest BCUT2D eigenvalue weighted by Crippen LogP contribution is 2.26. The lowest BCUT2D eigenvalue weighted by molar-refractivity contribution is -0.141. The number of hydrogen-bond acceptors (Lipinski definition) is 3. The second-order valence-electron chi connectivity index (χ2n) is 5.30. The Morgan fingerprint density at radius 1 is 1.35 bits per heavy atom. The minimum atomic E-state index is -0.806. The SMILES string of the molecule is CC(=O)c1cc(C(=O)N[C@@H]2CC[C@H](C(=O)O)C2)n(C)c1. The zero-order chi connectivity index (χ0) is 14.9. The maximum Gasteiger partial charge on any atom is 0.306 e. The Labute approximate surface area is 116 Å².